The number of hydrogen-bond donors (Lipinski definition) is 0. The van der Waals surface area contributed by atoms with Crippen LogP contribution in [0.3, 0.4) is 0 Å². The van der Waals surface area contributed by atoms with E-state index in [4.69, 9.17) is 59.5 Å². The lowest BCUT2D eigenvalue weighted by Gasteiger charge is -2.13. The summed E-state index contributed by atoms with van der Waals surface area (Å²) in [6.07, 6.45) is 0.310. The molecule has 0 aliphatic heterocycles. The van der Waals surface area contributed by atoms with E-state index in [0.717, 1.165) is 10.0 Å². The largest absolute Gasteiger partial charge is 0.248 e. The molecule has 22 heavy (non-hydrogen) atoms. The van der Waals surface area contributed by atoms with Crippen LogP contribution in [0.5, 0.6) is 0 Å². The van der Waals surface area contributed by atoms with Gasteiger partial charge in [0.2, 0.25) is 11.4 Å². The molecule has 0 saturated carbocycles. The second-order valence-electron chi connectivity index (χ2n) is 4.25. The van der Waals surface area contributed by atoms with E-state index in [1.54, 1.807) is 6.07 Å². The topological polar surface area (TPSA) is 8.72 Å². The molecule has 7 heteroatoms. The number of nitrogens with zero attached hydrogens (tertiary/aromatic N) is 2. The molecule has 0 bridgehead atoms. The fourth-order valence-electron chi connectivity index (χ4n) is 1.90. The smallest absolute Gasteiger partial charge is 0.215 e. The summed E-state index contributed by atoms with van der Waals surface area (Å²) in [7, 11) is 0. The molecule has 0 atom stereocenters. The Hall–Kier alpha value is -0.940. The maximum atomic E-state index is 7.21. The van der Waals surface area contributed by atoms with E-state index < -0.39 is 0 Å². The van der Waals surface area contributed by atoms with Gasteiger partial charge in [-0.05, 0) is 23.3 Å². The number of halogens is 5. The lowest BCUT2D eigenvalue weighted by atomic mass is 10.0. The van der Waals surface area contributed by atoms with Gasteiger partial charge in [-0.25, -0.2) is 9.69 Å². The van der Waals surface area contributed by atoms with Gasteiger partial charge in [-0.15, -0.1) is 0 Å². The van der Waals surface area contributed by atoms with Crippen molar-refractivity contribution in [2.75, 3.05) is 0 Å². The molecule has 0 amide bonds. The van der Waals surface area contributed by atoms with Crippen molar-refractivity contribution in [3.05, 3.63) is 76.7 Å². The van der Waals surface area contributed by atoms with Crippen LogP contribution in [0.25, 0.3) is 9.69 Å². The Labute approximate surface area is 156 Å². The summed E-state index contributed by atoms with van der Waals surface area (Å²) in [6, 6.07) is 5.42. The van der Waals surface area contributed by atoms with Crippen molar-refractivity contribution in [3.63, 3.8) is 0 Å². The molecule has 0 aliphatic rings. The second-order valence-corrected chi connectivity index (χ2v) is 6.71. The Bertz CT molecular complexity index is 850. The first-order valence-corrected chi connectivity index (χ1v) is 8.09. The normalized spacial score (nSPS) is 10.1. The van der Waals surface area contributed by atoms with Gasteiger partial charge in [0.25, 0.3) is 0 Å². The Balaban J connectivity index is 2.65. The van der Waals surface area contributed by atoms with Gasteiger partial charge in [-0.2, -0.15) is 0 Å². The summed E-state index contributed by atoms with van der Waals surface area (Å²) in [5, 5.41) is 0.880. The molecule has 0 unspecified atom stereocenters. The third-order valence-corrected chi connectivity index (χ3v) is 5.10. The third-order valence-electron chi connectivity index (χ3n) is 2.97. The number of rotatable bonds is 2. The highest BCUT2D eigenvalue weighted by atomic mass is 79.9. The minimum absolute atomic E-state index is 0.00861. The minimum Gasteiger partial charge on any atom is -0.248 e. The molecule has 2 aromatic carbocycles. The van der Waals surface area contributed by atoms with Gasteiger partial charge >= 0.3 is 0 Å². The minimum atomic E-state index is -0.0303. The first kappa shape index (κ1) is 17.4. The predicted molar refractivity (Wildman–Crippen MR) is 96.0 cm³/mol. The van der Waals surface area contributed by atoms with Gasteiger partial charge in [-0.3, -0.25) is 0 Å². The maximum Gasteiger partial charge on any atom is 0.215 e. The zero-order valence-corrected chi connectivity index (χ0v) is 15.3. The molecule has 0 spiro atoms. The van der Waals surface area contributed by atoms with Crippen molar-refractivity contribution in [1.82, 2.24) is 0 Å². The van der Waals surface area contributed by atoms with Gasteiger partial charge in [0.05, 0.1) is 23.2 Å². The molecule has 2 nitrogen and oxygen atoms in total. The summed E-state index contributed by atoms with van der Waals surface area (Å²) < 4.78 is 0.849. The van der Waals surface area contributed by atoms with E-state index in [9.17, 15) is 0 Å². The first-order chi connectivity index (χ1) is 10.4. The van der Waals surface area contributed by atoms with Crippen LogP contribution in [0, 0.1) is 13.1 Å². The number of benzene rings is 2. The highest BCUT2D eigenvalue weighted by molar-refractivity contribution is 9.10. The average molecular weight is 435 g/mol. The van der Waals surface area contributed by atoms with E-state index >= 15 is 0 Å². The highest BCUT2D eigenvalue weighted by Gasteiger charge is 2.22. The van der Waals surface area contributed by atoms with Crippen LogP contribution in [-0.4, -0.2) is 0 Å². The zero-order valence-electron chi connectivity index (χ0n) is 10.7. The lowest BCUT2D eigenvalue weighted by molar-refractivity contribution is 1.19. The molecular formula is C15H5BrCl4N2. The summed E-state index contributed by atoms with van der Waals surface area (Å²) in [6.45, 7) is 14.3. The van der Waals surface area contributed by atoms with Crippen LogP contribution >= 0.6 is 62.3 Å². The van der Waals surface area contributed by atoms with Crippen LogP contribution in [0.2, 0.25) is 20.1 Å². The van der Waals surface area contributed by atoms with Crippen LogP contribution in [0.15, 0.2) is 22.7 Å². The zero-order chi connectivity index (χ0) is 16.4. The van der Waals surface area contributed by atoms with Crippen LogP contribution in [0.1, 0.15) is 11.1 Å². The fraction of sp³-hybridized carbons (Fsp3) is 0.0667. The average Bonchev–Trinajstić information content (AvgIpc) is 2.49. The van der Waals surface area contributed by atoms with Crippen molar-refractivity contribution in [1.29, 1.82) is 0 Å². The summed E-state index contributed by atoms with van der Waals surface area (Å²) in [4.78, 5) is 6.55. The second kappa shape index (κ2) is 7.09. The molecule has 0 fully saturated rings. The van der Waals surface area contributed by atoms with Crippen LogP contribution in [-0.2, 0) is 6.42 Å². The standard InChI is InChI=1S/C15H5BrCl4N2/c1-21-14-12(19)9(11(18)13(20)15(14)22-2)5-7-3-4-8(16)6-10(7)17/h3-4,6H,5H2. The fourth-order valence-corrected chi connectivity index (χ4v) is 3.48. The molecule has 0 heterocycles. The molecule has 0 N–H and O–H groups in total. The van der Waals surface area contributed by atoms with Crippen LogP contribution in [0.4, 0.5) is 11.4 Å². The van der Waals surface area contributed by atoms with E-state index in [2.05, 4.69) is 25.6 Å². The summed E-state index contributed by atoms with van der Waals surface area (Å²) in [5.41, 5.74) is 1.25. The third kappa shape index (κ3) is 3.20. The first-order valence-electron chi connectivity index (χ1n) is 5.78. The molecule has 2 aromatic rings. The number of hydrogen-bond acceptors (Lipinski definition) is 0. The molecule has 0 aromatic heterocycles. The van der Waals surface area contributed by atoms with Crippen molar-refractivity contribution in [3.8, 4) is 0 Å². The van der Waals surface area contributed by atoms with E-state index in [1.165, 1.54) is 0 Å². The molecule has 110 valence electrons. The molecule has 0 radical (unpaired) electrons. The summed E-state index contributed by atoms with van der Waals surface area (Å²) >= 11 is 28.1. The predicted octanol–water partition coefficient (Wildman–Crippen LogP) is 7.76. The molecule has 0 aliphatic carbocycles. The highest BCUT2D eigenvalue weighted by Crippen LogP contribution is 2.49. The molecule has 0 saturated heterocycles. The van der Waals surface area contributed by atoms with E-state index in [1.807, 2.05) is 12.1 Å². The van der Waals surface area contributed by atoms with Gasteiger partial charge in [0, 0.05) is 20.9 Å². The van der Waals surface area contributed by atoms with Gasteiger partial charge in [-0.1, -0.05) is 68.4 Å². The van der Waals surface area contributed by atoms with Crippen molar-refractivity contribution < 1.29 is 0 Å². The Morgan fingerprint density at radius 3 is 2.05 bits per heavy atom. The lowest BCUT2D eigenvalue weighted by Crippen LogP contribution is -1.94. The van der Waals surface area contributed by atoms with Crippen molar-refractivity contribution in [2.45, 2.75) is 6.42 Å². The van der Waals surface area contributed by atoms with Gasteiger partial charge in [0.15, 0.2) is 0 Å². The monoisotopic (exact) mass is 432 g/mol. The van der Waals surface area contributed by atoms with Gasteiger partial charge < -0.3 is 0 Å². The van der Waals surface area contributed by atoms with E-state index in [0.29, 0.717) is 17.0 Å². The van der Waals surface area contributed by atoms with Crippen molar-refractivity contribution in [2.24, 2.45) is 0 Å². The molecule has 2 rings (SSSR count). The van der Waals surface area contributed by atoms with E-state index in [-0.39, 0.29) is 26.4 Å². The Morgan fingerprint density at radius 2 is 1.50 bits per heavy atom. The van der Waals surface area contributed by atoms with Gasteiger partial charge in [0.1, 0.15) is 0 Å². The SMILES string of the molecule is [C-]#[N+]c1c(Cl)c(Cl)c(Cc2ccc(Br)cc2Cl)c(Cl)c1[N+]#[C-]. The van der Waals surface area contributed by atoms with Crippen molar-refractivity contribution >= 4 is 73.7 Å². The van der Waals surface area contributed by atoms with Crippen LogP contribution < -0.4 is 0 Å². The summed E-state index contributed by atoms with van der Waals surface area (Å²) in [5.74, 6) is 0. The Morgan fingerprint density at radius 1 is 0.909 bits per heavy atom. The Kier molecular flexibility index (Phi) is 5.61. The maximum absolute atomic E-state index is 7.21. The quantitative estimate of drug-likeness (QED) is 0.337. The molecular weight excluding hydrogens is 430 g/mol.